The number of nitrogens with two attached hydrogens (primary N) is 5. The number of carbonyl (C=O) groups excluding carboxylic acids is 12. The zero-order chi connectivity index (χ0) is 61.0. The van der Waals surface area contributed by atoms with Crippen LogP contribution in [-0.2, 0) is 68.7 Å². The molecule has 0 saturated heterocycles. The lowest BCUT2D eigenvalue weighted by Crippen LogP contribution is -2.63. The minimum absolute atomic E-state index is 0.117. The van der Waals surface area contributed by atoms with Gasteiger partial charge in [0.2, 0.25) is 70.9 Å². The van der Waals surface area contributed by atoms with Crippen LogP contribution in [0.15, 0.2) is 24.3 Å². The Morgan fingerprint density at radius 1 is 0.475 bits per heavy atom. The Morgan fingerprint density at radius 3 is 1.31 bits per heavy atom. The van der Waals surface area contributed by atoms with Crippen LogP contribution in [0, 0.1) is 5.92 Å². The summed E-state index contributed by atoms with van der Waals surface area (Å²) >= 11 is 0. The van der Waals surface area contributed by atoms with E-state index in [-0.39, 0.29) is 50.8 Å². The van der Waals surface area contributed by atoms with Crippen molar-refractivity contribution in [1.29, 1.82) is 0 Å². The van der Waals surface area contributed by atoms with Gasteiger partial charge in [0, 0.05) is 19.3 Å². The number of amides is 12. The average Bonchev–Trinajstić information content (AvgIpc) is 3.38. The lowest BCUT2D eigenvalue weighted by Gasteiger charge is -2.29. The molecular weight excluding hydrogens is 1060 g/mol. The van der Waals surface area contributed by atoms with Crippen LogP contribution in [0.4, 0.5) is 0 Å². The zero-order valence-electron chi connectivity index (χ0n) is 44.3. The Hall–Kier alpha value is -8.11. The molecule has 448 valence electrons. The highest BCUT2D eigenvalue weighted by atomic mass is 16.4. The number of aliphatic hydroxyl groups is 4. The maximum atomic E-state index is 14.1. The molecular formula is C47H76N14O19. The summed E-state index contributed by atoms with van der Waals surface area (Å²) in [6, 6.07) is -11.7. The Balaban J connectivity index is 3.41. The Morgan fingerprint density at radius 2 is 0.863 bits per heavy atom. The molecule has 25 N–H and O–H groups in total. The van der Waals surface area contributed by atoms with E-state index in [1.807, 2.05) is 16.0 Å². The molecule has 0 fully saturated rings. The van der Waals surface area contributed by atoms with E-state index in [1.165, 1.54) is 38.1 Å². The maximum Gasteiger partial charge on any atom is 0.326 e. The van der Waals surface area contributed by atoms with E-state index in [0.29, 0.717) is 12.0 Å². The summed E-state index contributed by atoms with van der Waals surface area (Å²) < 4.78 is 0. The van der Waals surface area contributed by atoms with Crippen LogP contribution < -0.4 is 76.5 Å². The number of carboxylic acid groups (broad SMARTS) is 1. The van der Waals surface area contributed by atoms with Crippen molar-refractivity contribution in [2.24, 2.45) is 34.6 Å². The monoisotopic (exact) mass is 1140 g/mol. The van der Waals surface area contributed by atoms with Crippen LogP contribution in [0.2, 0.25) is 0 Å². The van der Waals surface area contributed by atoms with Gasteiger partial charge in [-0.2, -0.15) is 0 Å². The molecule has 80 heavy (non-hydrogen) atoms. The second kappa shape index (κ2) is 35.4. The zero-order valence-corrected chi connectivity index (χ0v) is 44.3. The second-order valence-corrected chi connectivity index (χ2v) is 18.7. The lowest BCUT2D eigenvalue weighted by molar-refractivity contribution is -0.144. The van der Waals surface area contributed by atoms with Gasteiger partial charge in [0.05, 0.1) is 38.4 Å². The third-order valence-electron chi connectivity index (χ3n) is 11.7. The first-order valence-corrected chi connectivity index (χ1v) is 25.1. The minimum Gasteiger partial charge on any atom is -0.508 e. The van der Waals surface area contributed by atoms with Crippen molar-refractivity contribution in [1.82, 2.24) is 47.9 Å². The lowest BCUT2D eigenvalue weighted by atomic mass is 10.00. The summed E-state index contributed by atoms with van der Waals surface area (Å²) in [4.78, 5) is 167. The molecule has 1 rings (SSSR count). The second-order valence-electron chi connectivity index (χ2n) is 18.7. The van der Waals surface area contributed by atoms with E-state index >= 15 is 0 Å². The third-order valence-corrected chi connectivity index (χ3v) is 11.7. The topological polar surface area (TPSA) is 582 Å². The first kappa shape index (κ1) is 69.9. The highest BCUT2D eigenvalue weighted by molar-refractivity contribution is 5.99. The molecule has 0 aliphatic carbocycles. The van der Waals surface area contributed by atoms with Gasteiger partial charge < -0.3 is 107 Å². The molecule has 1 aromatic carbocycles. The van der Waals surface area contributed by atoms with Gasteiger partial charge in [0.1, 0.15) is 60.1 Å². The molecule has 0 aliphatic rings. The van der Waals surface area contributed by atoms with Gasteiger partial charge in [0.15, 0.2) is 0 Å². The summed E-state index contributed by atoms with van der Waals surface area (Å²) in [7, 11) is 0. The molecule has 12 amide bonds. The Bertz CT molecular complexity index is 2320. The van der Waals surface area contributed by atoms with E-state index in [1.54, 1.807) is 0 Å². The van der Waals surface area contributed by atoms with Crippen LogP contribution >= 0.6 is 0 Å². The van der Waals surface area contributed by atoms with Gasteiger partial charge in [-0.15, -0.1) is 0 Å². The number of primary amides is 3. The quantitative estimate of drug-likeness (QED) is 0.0273. The number of benzene rings is 1. The number of unbranched alkanes of at least 4 members (excludes halogenated alkanes) is 1. The molecule has 0 aromatic heterocycles. The fourth-order valence-electron chi connectivity index (χ4n) is 7.15. The number of phenolic OH excluding ortho intramolecular Hbond substituents is 1. The highest BCUT2D eigenvalue weighted by Crippen LogP contribution is 2.13. The number of aliphatic carboxylic acids is 1. The molecule has 0 heterocycles. The molecule has 1 aromatic rings. The number of rotatable bonds is 38. The molecule has 0 radical (unpaired) electrons. The van der Waals surface area contributed by atoms with E-state index in [0.717, 1.165) is 6.92 Å². The van der Waals surface area contributed by atoms with E-state index in [2.05, 4.69) is 31.9 Å². The van der Waals surface area contributed by atoms with Crippen molar-refractivity contribution < 1.29 is 93.0 Å². The number of hydrogen-bond donors (Lipinski definition) is 20. The Labute approximate surface area is 458 Å². The average molecular weight is 1140 g/mol. The number of carboxylic acids is 1. The molecule has 33 nitrogen and oxygen atoms in total. The van der Waals surface area contributed by atoms with Gasteiger partial charge in [-0.05, 0) is 69.2 Å². The van der Waals surface area contributed by atoms with Crippen molar-refractivity contribution in [3.05, 3.63) is 29.8 Å². The first-order valence-electron chi connectivity index (χ1n) is 25.1. The Kier molecular flexibility index (Phi) is 30.9. The molecule has 0 bridgehead atoms. The van der Waals surface area contributed by atoms with Crippen LogP contribution in [0.1, 0.15) is 77.7 Å². The number of hydrogen-bond acceptors (Lipinski definition) is 20. The van der Waals surface area contributed by atoms with Crippen molar-refractivity contribution in [3.8, 4) is 5.75 Å². The van der Waals surface area contributed by atoms with Crippen LogP contribution in [0.3, 0.4) is 0 Å². The van der Waals surface area contributed by atoms with Crippen LogP contribution in [0.25, 0.3) is 0 Å². The summed E-state index contributed by atoms with van der Waals surface area (Å²) in [6.07, 6.45) is -3.74. The predicted molar refractivity (Wildman–Crippen MR) is 276 cm³/mol. The van der Waals surface area contributed by atoms with Crippen molar-refractivity contribution >= 4 is 76.9 Å². The smallest absolute Gasteiger partial charge is 0.326 e. The fraction of sp³-hybridized carbons (Fsp3) is 0.596. The number of aliphatic hydroxyl groups excluding tert-OH is 4. The molecule has 0 spiro atoms. The van der Waals surface area contributed by atoms with E-state index in [9.17, 15) is 93.0 Å². The van der Waals surface area contributed by atoms with Crippen molar-refractivity contribution in [3.63, 3.8) is 0 Å². The van der Waals surface area contributed by atoms with Gasteiger partial charge in [-0.3, -0.25) is 57.5 Å². The number of carbonyl (C=O) groups is 13. The van der Waals surface area contributed by atoms with Gasteiger partial charge in [0.25, 0.3) is 0 Å². The van der Waals surface area contributed by atoms with E-state index < -0.39 is 182 Å². The summed E-state index contributed by atoms with van der Waals surface area (Å²) in [5, 5.41) is 80.1. The molecule has 0 aliphatic heterocycles. The van der Waals surface area contributed by atoms with Crippen LogP contribution in [0.5, 0.6) is 5.75 Å². The first-order chi connectivity index (χ1) is 37.5. The normalized spacial score (nSPS) is 15.2. The fourth-order valence-corrected chi connectivity index (χ4v) is 7.15. The van der Waals surface area contributed by atoms with Crippen LogP contribution in [-0.4, -0.2) is 200 Å². The number of phenols is 1. The molecule has 0 saturated carbocycles. The van der Waals surface area contributed by atoms with Crippen molar-refractivity contribution in [2.75, 3.05) is 26.4 Å². The summed E-state index contributed by atoms with van der Waals surface area (Å²) in [5.41, 5.74) is 27.2. The summed E-state index contributed by atoms with van der Waals surface area (Å²) in [6.45, 7) is 0.656. The largest absolute Gasteiger partial charge is 0.508 e. The number of aromatic hydroxyl groups is 1. The minimum atomic E-state index is -1.94. The maximum absolute atomic E-state index is 14.1. The molecule has 11 atom stereocenters. The standard InChI is InChI=1S/C47H76N14O19/c1-21(2)36(45(77)59-31(19-63)43(75)58-32(20-64)44(76)61-37(22(3)65)46(78)56-29(47(79)80)17-35(52)69)60-41(73)28(16-23-7-9-24(66)10-8-23)55-42(74)30(18-62)57-39(71)26(6-4-5-15-48)54-40(72)27(12-14-34(51)68)53-38(70)25(49)11-13-33(50)67/h7-10,21-22,25-32,36-37,62-66H,4-6,11-20,48-49H2,1-3H3,(H2,50,67)(H2,51,68)(H2,52,69)(H,53,70)(H,54,72)(H,55,74)(H,56,78)(H,57,71)(H,58,75)(H,59,77)(H,60,73)(H,61,76)(H,79,80)/t22-,25+,26+,27+,28+,29+,30+,31+,32+,36+,37+/m1/s1. The van der Waals surface area contributed by atoms with Gasteiger partial charge >= 0.3 is 5.97 Å². The van der Waals surface area contributed by atoms with Gasteiger partial charge in [-0.25, -0.2) is 4.79 Å². The predicted octanol–water partition coefficient (Wildman–Crippen LogP) is -9.74. The third kappa shape index (κ3) is 25.1. The van der Waals surface area contributed by atoms with Crippen molar-refractivity contribution in [2.45, 2.75) is 145 Å². The molecule has 33 heteroatoms. The highest BCUT2D eigenvalue weighted by Gasteiger charge is 2.37. The molecule has 0 unspecified atom stereocenters. The number of nitrogens with one attached hydrogen (secondary N) is 9. The van der Waals surface area contributed by atoms with E-state index in [4.69, 9.17) is 28.7 Å². The SMILES string of the molecule is CC(C)[C@H](NC(=O)[C@H](Cc1ccc(O)cc1)NC(=O)[C@H](CO)NC(=O)[C@H](CCCCN)NC(=O)[C@H](CCC(N)=O)NC(=O)[C@@H](N)CCC(N)=O)C(=O)N[C@@H](CO)C(=O)N[C@@H](CO)C(=O)N[C@H](C(=O)N[C@@H](CC(N)=O)C(=O)O)[C@@H](C)O. The summed E-state index contributed by atoms with van der Waals surface area (Å²) in [5.74, 6) is -15.7. The van der Waals surface area contributed by atoms with Gasteiger partial charge in [-0.1, -0.05) is 26.0 Å².